The van der Waals surface area contributed by atoms with Gasteiger partial charge in [0.2, 0.25) is 0 Å². The van der Waals surface area contributed by atoms with Gasteiger partial charge in [-0.15, -0.1) is 0 Å². The minimum absolute atomic E-state index is 0.0500. The lowest BCUT2D eigenvalue weighted by Gasteiger charge is -2.13. The summed E-state index contributed by atoms with van der Waals surface area (Å²) >= 11 is 6.65. The van der Waals surface area contributed by atoms with E-state index in [-0.39, 0.29) is 22.5 Å². The predicted molar refractivity (Wildman–Crippen MR) is 109 cm³/mol. The summed E-state index contributed by atoms with van der Waals surface area (Å²) < 4.78 is 2.45. The summed E-state index contributed by atoms with van der Waals surface area (Å²) in [4.78, 5) is 29.0. The molecule has 0 aliphatic heterocycles. The van der Waals surface area contributed by atoms with Crippen LogP contribution < -0.4 is 11.1 Å². The molecular formula is C18H12Br2N6O2. The van der Waals surface area contributed by atoms with Gasteiger partial charge in [-0.25, -0.2) is 9.67 Å². The number of benzene rings is 1. The van der Waals surface area contributed by atoms with Crippen molar-refractivity contribution in [2.45, 2.75) is 6.92 Å². The van der Waals surface area contributed by atoms with E-state index in [2.05, 4.69) is 47.3 Å². The van der Waals surface area contributed by atoms with Gasteiger partial charge in [0.1, 0.15) is 10.3 Å². The van der Waals surface area contributed by atoms with E-state index in [1.54, 1.807) is 31.3 Å². The molecule has 3 rings (SSSR count). The van der Waals surface area contributed by atoms with Gasteiger partial charge in [-0.1, -0.05) is 0 Å². The molecule has 0 unspecified atom stereocenters. The molecule has 2 aromatic heterocycles. The molecule has 0 radical (unpaired) electrons. The monoisotopic (exact) mass is 502 g/mol. The van der Waals surface area contributed by atoms with E-state index < -0.39 is 11.8 Å². The van der Waals surface area contributed by atoms with Crippen LogP contribution in [0.1, 0.15) is 32.0 Å². The molecule has 0 atom stereocenters. The summed E-state index contributed by atoms with van der Waals surface area (Å²) in [7, 11) is 0. The predicted octanol–water partition coefficient (Wildman–Crippen LogP) is 3.32. The Hall–Kier alpha value is -3.03. The number of nitrogens with zero attached hydrogens (tertiary/aromatic N) is 4. The molecule has 8 nitrogen and oxygen atoms in total. The molecule has 0 bridgehead atoms. The Kier molecular flexibility index (Phi) is 5.58. The number of hydrogen-bond acceptors (Lipinski definition) is 5. The third-order valence-electron chi connectivity index (χ3n) is 3.82. The van der Waals surface area contributed by atoms with Crippen LogP contribution in [-0.2, 0) is 0 Å². The summed E-state index contributed by atoms with van der Waals surface area (Å²) in [6, 6.07) is 9.90. The van der Waals surface area contributed by atoms with Crippen LogP contribution in [0, 0.1) is 18.3 Å². The lowest BCUT2D eigenvalue weighted by Crippen LogP contribution is -2.22. The molecule has 0 spiro atoms. The quantitative estimate of drug-likeness (QED) is 0.564. The van der Waals surface area contributed by atoms with Gasteiger partial charge in [-0.3, -0.25) is 9.59 Å². The second-order valence-corrected chi connectivity index (χ2v) is 7.39. The molecule has 0 saturated carbocycles. The number of hydrogen-bond donors (Lipinski definition) is 2. The fourth-order valence-electron chi connectivity index (χ4n) is 2.60. The highest BCUT2D eigenvalue weighted by molar-refractivity contribution is 9.10. The Balaban J connectivity index is 2.06. The maximum atomic E-state index is 13.0. The summed E-state index contributed by atoms with van der Waals surface area (Å²) in [5.74, 6) is -0.853. The van der Waals surface area contributed by atoms with Crippen molar-refractivity contribution in [3.8, 4) is 11.9 Å². The SMILES string of the molecule is Cc1cc(C#N)cc(C(N)=O)c1NC(=O)c1cc(Br)nn1-c1ncccc1Br. The molecule has 3 N–H and O–H groups in total. The second kappa shape index (κ2) is 7.92. The number of amides is 2. The summed E-state index contributed by atoms with van der Waals surface area (Å²) in [5.41, 5.74) is 6.70. The van der Waals surface area contributed by atoms with E-state index >= 15 is 0 Å². The average Bonchev–Trinajstić information content (AvgIpc) is 3.04. The summed E-state index contributed by atoms with van der Waals surface area (Å²) in [6.45, 7) is 1.67. The average molecular weight is 504 g/mol. The number of aromatic nitrogens is 3. The van der Waals surface area contributed by atoms with Crippen molar-refractivity contribution in [1.29, 1.82) is 5.26 Å². The Morgan fingerprint density at radius 1 is 1.29 bits per heavy atom. The largest absolute Gasteiger partial charge is 0.366 e. The molecule has 0 fully saturated rings. The van der Waals surface area contributed by atoms with Crippen LogP contribution in [0.3, 0.4) is 0 Å². The van der Waals surface area contributed by atoms with Gasteiger partial charge in [0, 0.05) is 12.3 Å². The molecule has 2 amide bonds. The maximum absolute atomic E-state index is 13.0. The van der Waals surface area contributed by atoms with Gasteiger partial charge < -0.3 is 11.1 Å². The molecule has 28 heavy (non-hydrogen) atoms. The number of nitrogens with two attached hydrogens (primary N) is 1. The zero-order chi connectivity index (χ0) is 20.4. The Morgan fingerprint density at radius 2 is 2.04 bits per heavy atom. The van der Waals surface area contributed by atoms with E-state index in [1.807, 2.05) is 6.07 Å². The zero-order valence-electron chi connectivity index (χ0n) is 14.4. The molecule has 0 aliphatic rings. The fourth-order valence-corrected chi connectivity index (χ4v) is 3.40. The fraction of sp³-hybridized carbons (Fsp3) is 0.0556. The van der Waals surface area contributed by atoms with Crippen molar-refractivity contribution >= 4 is 49.4 Å². The number of nitrogens with one attached hydrogen (secondary N) is 1. The first kappa shape index (κ1) is 19.7. The van der Waals surface area contributed by atoms with Crippen molar-refractivity contribution in [1.82, 2.24) is 14.8 Å². The highest BCUT2D eigenvalue weighted by Gasteiger charge is 2.21. The van der Waals surface area contributed by atoms with Crippen molar-refractivity contribution in [2.75, 3.05) is 5.32 Å². The minimum atomic E-state index is -0.752. The van der Waals surface area contributed by atoms with Crippen LogP contribution in [0.4, 0.5) is 5.69 Å². The molecule has 3 aromatic rings. The standard InChI is InChI=1S/C18H12Br2N6O2/c1-9-5-10(8-21)6-11(16(22)27)15(9)24-18(28)13-7-14(20)25-26(13)17-12(19)3-2-4-23-17/h2-7H,1H3,(H2,22,27)(H,24,28). The number of nitriles is 1. The van der Waals surface area contributed by atoms with Crippen LogP contribution in [0.15, 0.2) is 45.6 Å². The van der Waals surface area contributed by atoms with Gasteiger partial charge >= 0.3 is 0 Å². The number of halogens is 2. The molecule has 0 aliphatic carbocycles. The van der Waals surface area contributed by atoms with Crippen LogP contribution in [0.2, 0.25) is 0 Å². The van der Waals surface area contributed by atoms with Gasteiger partial charge in [0.05, 0.1) is 27.4 Å². The summed E-state index contributed by atoms with van der Waals surface area (Å²) in [5, 5.41) is 16.0. The van der Waals surface area contributed by atoms with E-state index in [1.165, 1.54) is 16.8 Å². The number of anilines is 1. The van der Waals surface area contributed by atoms with E-state index in [0.29, 0.717) is 20.5 Å². The van der Waals surface area contributed by atoms with Gasteiger partial charge in [-0.05, 0) is 68.6 Å². The van der Waals surface area contributed by atoms with Gasteiger partial charge in [0.25, 0.3) is 11.8 Å². The number of carbonyl (C=O) groups excluding carboxylic acids is 2. The van der Waals surface area contributed by atoms with E-state index in [0.717, 1.165) is 0 Å². The van der Waals surface area contributed by atoms with Crippen LogP contribution >= 0.6 is 31.9 Å². The highest BCUT2D eigenvalue weighted by atomic mass is 79.9. The Morgan fingerprint density at radius 3 is 2.68 bits per heavy atom. The van der Waals surface area contributed by atoms with Crippen molar-refractivity contribution < 1.29 is 9.59 Å². The topological polar surface area (TPSA) is 127 Å². The van der Waals surface area contributed by atoms with Crippen molar-refractivity contribution in [2.24, 2.45) is 5.73 Å². The minimum Gasteiger partial charge on any atom is -0.366 e. The molecule has 140 valence electrons. The number of aryl methyl sites for hydroxylation is 1. The Labute approximate surface area is 176 Å². The lowest BCUT2D eigenvalue weighted by molar-refractivity contribution is 0.100. The third-order valence-corrected chi connectivity index (χ3v) is 4.83. The van der Waals surface area contributed by atoms with Crippen molar-refractivity contribution in [3.63, 3.8) is 0 Å². The normalized spacial score (nSPS) is 10.4. The summed E-state index contributed by atoms with van der Waals surface area (Å²) in [6.07, 6.45) is 1.58. The number of pyridine rings is 1. The number of rotatable bonds is 4. The maximum Gasteiger partial charge on any atom is 0.274 e. The zero-order valence-corrected chi connectivity index (χ0v) is 17.6. The second-order valence-electron chi connectivity index (χ2n) is 5.72. The third kappa shape index (κ3) is 3.81. The highest BCUT2D eigenvalue weighted by Crippen LogP contribution is 2.26. The molecule has 0 saturated heterocycles. The molecule has 1 aromatic carbocycles. The first-order chi connectivity index (χ1) is 13.3. The Bertz CT molecular complexity index is 1150. The smallest absolute Gasteiger partial charge is 0.274 e. The first-order valence-electron chi connectivity index (χ1n) is 7.84. The van der Waals surface area contributed by atoms with Crippen molar-refractivity contribution in [3.05, 3.63) is 68.0 Å². The van der Waals surface area contributed by atoms with Crippen LogP contribution in [0.5, 0.6) is 0 Å². The molecule has 10 heteroatoms. The van der Waals surface area contributed by atoms with E-state index in [4.69, 9.17) is 11.0 Å². The van der Waals surface area contributed by atoms with Gasteiger partial charge in [0.15, 0.2) is 5.82 Å². The number of primary amides is 1. The van der Waals surface area contributed by atoms with Crippen LogP contribution in [-0.4, -0.2) is 26.6 Å². The van der Waals surface area contributed by atoms with Gasteiger partial charge in [-0.2, -0.15) is 10.4 Å². The molecular weight excluding hydrogens is 492 g/mol. The lowest BCUT2D eigenvalue weighted by atomic mass is 10.0. The first-order valence-corrected chi connectivity index (χ1v) is 9.42. The van der Waals surface area contributed by atoms with E-state index in [9.17, 15) is 9.59 Å². The van der Waals surface area contributed by atoms with Crippen LogP contribution in [0.25, 0.3) is 5.82 Å². The molecule has 2 heterocycles. The number of carbonyl (C=O) groups is 2.